The molecule has 0 N–H and O–H groups in total. The van der Waals surface area contributed by atoms with Crippen molar-refractivity contribution in [3.8, 4) is 11.4 Å². The summed E-state index contributed by atoms with van der Waals surface area (Å²) >= 11 is 29.7. The fourth-order valence-corrected chi connectivity index (χ4v) is 6.04. The van der Waals surface area contributed by atoms with E-state index in [0.29, 0.717) is 16.3 Å². The lowest BCUT2D eigenvalue weighted by atomic mass is 10.0. The van der Waals surface area contributed by atoms with Crippen LogP contribution in [0.15, 0.2) is 64.0 Å². The predicted molar refractivity (Wildman–Crippen MR) is 153 cm³/mol. The third-order valence-electron chi connectivity index (χ3n) is 5.18. The normalized spacial score (nSPS) is 12.5. The van der Waals surface area contributed by atoms with E-state index in [0.717, 1.165) is 4.31 Å². The number of benzene rings is 3. The summed E-state index contributed by atoms with van der Waals surface area (Å²) < 4.78 is 37.1. The molecule has 206 valence electrons. The number of alkyl halides is 3. The number of fused-ring (bicyclic) bond motifs is 1. The first-order valence-corrected chi connectivity index (χ1v) is 14.5. The Morgan fingerprint density at radius 1 is 1.00 bits per heavy atom. The SMILES string of the molecule is CC(C)(C)OC(=O)CN(c1ccc2c(-c3noc(C(Cl)(Cl)Cl)n3)cccc2c1)S(=O)(=O)c1cc(Cl)cc(Cl)c1. The van der Waals surface area contributed by atoms with Crippen LogP contribution in [-0.4, -0.2) is 36.7 Å². The minimum Gasteiger partial charge on any atom is -0.459 e. The summed E-state index contributed by atoms with van der Waals surface area (Å²) in [5.74, 6) is -0.786. The average Bonchev–Trinajstić information content (AvgIpc) is 3.31. The highest BCUT2D eigenvalue weighted by Crippen LogP contribution is 2.39. The Kier molecular flexibility index (Phi) is 8.34. The molecule has 39 heavy (non-hydrogen) atoms. The van der Waals surface area contributed by atoms with E-state index in [1.165, 1.54) is 24.3 Å². The van der Waals surface area contributed by atoms with Crippen molar-refractivity contribution in [2.24, 2.45) is 0 Å². The average molecular weight is 652 g/mol. The number of hydrogen-bond acceptors (Lipinski definition) is 7. The smallest absolute Gasteiger partial charge is 0.327 e. The lowest BCUT2D eigenvalue weighted by molar-refractivity contribution is -0.152. The van der Waals surface area contributed by atoms with Gasteiger partial charge in [0.1, 0.15) is 12.1 Å². The van der Waals surface area contributed by atoms with E-state index in [-0.39, 0.29) is 32.3 Å². The second kappa shape index (κ2) is 11.0. The first-order chi connectivity index (χ1) is 18.0. The van der Waals surface area contributed by atoms with Crippen LogP contribution in [0, 0.1) is 0 Å². The Morgan fingerprint density at radius 3 is 2.26 bits per heavy atom. The van der Waals surface area contributed by atoms with Gasteiger partial charge in [-0.1, -0.05) is 87.4 Å². The first-order valence-electron chi connectivity index (χ1n) is 11.2. The molecule has 0 saturated heterocycles. The third-order valence-corrected chi connectivity index (χ3v) is 7.85. The number of halogens is 5. The zero-order valence-electron chi connectivity index (χ0n) is 20.6. The van der Waals surface area contributed by atoms with E-state index in [1.54, 1.807) is 51.1 Å². The summed E-state index contributed by atoms with van der Waals surface area (Å²) in [7, 11) is -4.31. The topological polar surface area (TPSA) is 103 Å². The van der Waals surface area contributed by atoms with Gasteiger partial charge in [0.05, 0.1) is 10.6 Å². The van der Waals surface area contributed by atoms with Crippen molar-refractivity contribution in [3.05, 3.63) is 70.5 Å². The van der Waals surface area contributed by atoms with Crippen molar-refractivity contribution in [2.45, 2.75) is 35.1 Å². The van der Waals surface area contributed by atoms with E-state index in [2.05, 4.69) is 10.1 Å². The Hall–Kier alpha value is -2.27. The molecular formula is C25H20Cl5N3O5S. The first kappa shape index (κ1) is 29.7. The van der Waals surface area contributed by atoms with Crippen LogP contribution < -0.4 is 4.31 Å². The molecular weight excluding hydrogens is 632 g/mol. The van der Waals surface area contributed by atoms with Gasteiger partial charge in [0.15, 0.2) is 0 Å². The predicted octanol–water partition coefficient (Wildman–Crippen LogP) is 7.56. The van der Waals surface area contributed by atoms with Gasteiger partial charge in [0, 0.05) is 15.6 Å². The summed E-state index contributed by atoms with van der Waals surface area (Å²) in [6.45, 7) is 4.45. The summed E-state index contributed by atoms with van der Waals surface area (Å²) in [6, 6.07) is 13.9. The van der Waals surface area contributed by atoms with E-state index in [1.807, 2.05) is 0 Å². The van der Waals surface area contributed by atoms with Gasteiger partial charge in [-0.3, -0.25) is 9.10 Å². The number of ether oxygens (including phenoxy) is 1. The fraction of sp³-hybridized carbons (Fsp3) is 0.240. The molecule has 4 rings (SSSR count). The van der Waals surface area contributed by atoms with E-state index >= 15 is 0 Å². The molecule has 0 saturated carbocycles. The summed E-state index contributed by atoms with van der Waals surface area (Å²) in [5.41, 5.74) is -0.0940. The fourth-order valence-electron chi connectivity index (χ4n) is 3.68. The maximum absolute atomic E-state index is 13.8. The van der Waals surface area contributed by atoms with Gasteiger partial charge in [0.25, 0.3) is 19.7 Å². The molecule has 0 bridgehead atoms. The van der Waals surface area contributed by atoms with Gasteiger partial charge in [-0.2, -0.15) is 4.98 Å². The molecule has 0 aliphatic carbocycles. The molecule has 0 aliphatic rings. The van der Waals surface area contributed by atoms with Gasteiger partial charge in [0.2, 0.25) is 5.82 Å². The Morgan fingerprint density at radius 2 is 1.67 bits per heavy atom. The number of anilines is 1. The maximum Gasteiger partial charge on any atom is 0.327 e. The quantitative estimate of drug-likeness (QED) is 0.157. The molecule has 8 nitrogen and oxygen atoms in total. The lowest BCUT2D eigenvalue weighted by Gasteiger charge is -2.27. The van der Waals surface area contributed by atoms with Crippen LogP contribution in [0.25, 0.3) is 22.2 Å². The minimum absolute atomic E-state index is 0.121. The van der Waals surface area contributed by atoms with E-state index < -0.39 is 31.9 Å². The second-order valence-corrected chi connectivity index (χ2v) is 14.4. The second-order valence-electron chi connectivity index (χ2n) is 9.34. The number of nitrogens with zero attached hydrogens (tertiary/aromatic N) is 3. The Labute approximate surface area is 249 Å². The van der Waals surface area contributed by atoms with Crippen molar-refractivity contribution in [1.82, 2.24) is 10.1 Å². The van der Waals surface area contributed by atoms with E-state index in [4.69, 9.17) is 67.3 Å². The van der Waals surface area contributed by atoms with Crippen LogP contribution in [-0.2, 0) is 23.3 Å². The highest BCUT2D eigenvalue weighted by atomic mass is 35.6. The molecule has 14 heteroatoms. The standard InChI is InChI=1S/C25H20Cl5N3O5S/c1-24(2,3)37-21(34)13-33(39(35,36)18-11-15(26)10-16(27)12-18)17-7-8-19-14(9-17)5-4-6-20(19)22-31-23(38-32-22)25(28,29)30/h4-12H,13H2,1-3H3. The molecule has 0 spiro atoms. The number of hydrogen-bond donors (Lipinski definition) is 0. The van der Waals surface area contributed by atoms with Gasteiger partial charge >= 0.3 is 5.97 Å². The van der Waals surface area contributed by atoms with Gasteiger partial charge in [-0.15, -0.1) is 0 Å². The van der Waals surface area contributed by atoms with Crippen molar-refractivity contribution >= 4 is 90.5 Å². The number of aromatic nitrogens is 2. The van der Waals surface area contributed by atoms with Crippen molar-refractivity contribution in [1.29, 1.82) is 0 Å². The van der Waals surface area contributed by atoms with Crippen LogP contribution in [0.2, 0.25) is 10.0 Å². The Bertz CT molecular complexity index is 1640. The highest BCUT2D eigenvalue weighted by Gasteiger charge is 2.32. The molecule has 0 aliphatic heterocycles. The molecule has 3 aromatic carbocycles. The number of carbonyl (C=O) groups excluding carboxylic acids is 1. The van der Waals surface area contributed by atoms with Crippen molar-refractivity contribution < 1.29 is 22.5 Å². The third kappa shape index (κ3) is 6.90. The molecule has 0 fully saturated rings. The highest BCUT2D eigenvalue weighted by molar-refractivity contribution is 7.92. The van der Waals surface area contributed by atoms with Crippen LogP contribution in [0.3, 0.4) is 0 Å². The molecule has 4 aromatic rings. The van der Waals surface area contributed by atoms with Gasteiger partial charge in [-0.25, -0.2) is 8.42 Å². The molecule has 1 heterocycles. The number of esters is 1. The number of carbonyl (C=O) groups is 1. The molecule has 0 amide bonds. The molecule has 0 unspecified atom stereocenters. The van der Waals surface area contributed by atoms with E-state index in [9.17, 15) is 13.2 Å². The van der Waals surface area contributed by atoms with Crippen LogP contribution in [0.5, 0.6) is 0 Å². The number of rotatable bonds is 6. The Balaban J connectivity index is 1.82. The summed E-state index contributed by atoms with van der Waals surface area (Å²) in [5, 5.41) is 5.40. The van der Waals surface area contributed by atoms with Crippen molar-refractivity contribution in [2.75, 3.05) is 10.8 Å². The number of sulfonamides is 1. The molecule has 0 radical (unpaired) electrons. The van der Waals surface area contributed by atoms with Gasteiger partial charge in [-0.05, 0) is 61.9 Å². The van der Waals surface area contributed by atoms with Crippen molar-refractivity contribution in [3.63, 3.8) is 0 Å². The minimum atomic E-state index is -4.31. The lowest BCUT2D eigenvalue weighted by Crippen LogP contribution is -2.39. The summed E-state index contributed by atoms with van der Waals surface area (Å²) in [4.78, 5) is 16.8. The van der Waals surface area contributed by atoms with Crippen LogP contribution in [0.1, 0.15) is 26.7 Å². The van der Waals surface area contributed by atoms with Crippen LogP contribution in [0.4, 0.5) is 5.69 Å². The molecule has 1 aromatic heterocycles. The monoisotopic (exact) mass is 649 g/mol. The zero-order chi connectivity index (χ0) is 28.8. The molecule has 0 atom stereocenters. The maximum atomic E-state index is 13.8. The largest absolute Gasteiger partial charge is 0.459 e. The van der Waals surface area contributed by atoms with Crippen LogP contribution >= 0.6 is 58.0 Å². The zero-order valence-corrected chi connectivity index (χ0v) is 25.2. The van der Waals surface area contributed by atoms with Gasteiger partial charge < -0.3 is 9.26 Å². The summed E-state index contributed by atoms with van der Waals surface area (Å²) in [6.07, 6.45) is 0.